The predicted molar refractivity (Wildman–Crippen MR) is 94.2 cm³/mol. The van der Waals surface area contributed by atoms with Gasteiger partial charge in [0, 0.05) is 5.69 Å². The van der Waals surface area contributed by atoms with E-state index in [0.29, 0.717) is 5.16 Å². The first-order chi connectivity index (χ1) is 12.5. The first kappa shape index (κ1) is 18.1. The van der Waals surface area contributed by atoms with Crippen molar-refractivity contribution in [3.8, 4) is 11.4 Å². The van der Waals surface area contributed by atoms with Gasteiger partial charge in [0.05, 0.1) is 11.3 Å². The number of hydrogen-bond acceptors (Lipinski definition) is 5. The fourth-order valence-electron chi connectivity index (χ4n) is 2.36. The number of nitrogens with zero attached hydrogens (tertiary/aromatic N) is 3. The molecule has 0 spiro atoms. The molecule has 1 heterocycles. The minimum atomic E-state index is -2.99. The van der Waals surface area contributed by atoms with E-state index in [1.165, 1.54) is 17.8 Å². The number of hydrogen-bond donors (Lipinski definition) is 0. The number of aryl methyl sites for hydroxylation is 1. The lowest BCUT2D eigenvalue weighted by molar-refractivity contribution is -0.0501. The number of thioether (sulfide) groups is 1. The molecule has 1 aromatic heterocycles. The van der Waals surface area contributed by atoms with Gasteiger partial charge in [0.15, 0.2) is 10.9 Å². The number of alkyl halides is 2. The summed E-state index contributed by atoms with van der Waals surface area (Å²) >= 11 is 1.18. The van der Waals surface area contributed by atoms with Gasteiger partial charge in [-0.15, -0.1) is 10.2 Å². The summed E-state index contributed by atoms with van der Waals surface area (Å²) in [6.07, 6.45) is 1.56. The van der Waals surface area contributed by atoms with Gasteiger partial charge in [-0.25, -0.2) is 0 Å². The highest BCUT2D eigenvalue weighted by molar-refractivity contribution is 7.99. The number of Topliss-reactive ketones (excluding diaryl/α,β-unsaturated/α-hetero) is 1. The summed E-state index contributed by atoms with van der Waals surface area (Å²) in [6.45, 7) is -1.21. The van der Waals surface area contributed by atoms with Gasteiger partial charge in [-0.1, -0.05) is 41.6 Å². The van der Waals surface area contributed by atoms with Crippen molar-refractivity contribution in [1.29, 1.82) is 0 Å². The quantitative estimate of drug-likeness (QED) is 0.459. The second-order valence-corrected chi connectivity index (χ2v) is 6.35. The molecule has 0 unspecified atom stereocenters. The summed E-state index contributed by atoms with van der Waals surface area (Å²) in [4.78, 5) is 12.5. The van der Waals surface area contributed by atoms with Crippen LogP contribution in [0.15, 0.2) is 60.0 Å². The topological polar surface area (TPSA) is 57.0 Å². The molecule has 0 bridgehead atoms. The first-order valence-corrected chi connectivity index (χ1v) is 8.70. The minimum Gasteiger partial charge on any atom is -0.434 e. The van der Waals surface area contributed by atoms with Crippen LogP contribution in [0.3, 0.4) is 0 Å². The second kappa shape index (κ2) is 8.09. The maximum Gasteiger partial charge on any atom is 0.387 e. The summed E-state index contributed by atoms with van der Waals surface area (Å²) in [7, 11) is 0. The Morgan fingerprint density at radius 3 is 2.73 bits per heavy atom. The van der Waals surface area contributed by atoms with Crippen molar-refractivity contribution in [1.82, 2.24) is 14.8 Å². The average molecular weight is 375 g/mol. The SMILES string of the molecule is Cc1ccc(OC(F)F)c(C(=O)CSc2nncn2-c2ccccc2)c1. The first-order valence-electron chi connectivity index (χ1n) is 7.71. The second-order valence-electron chi connectivity index (χ2n) is 5.41. The standard InChI is InChI=1S/C18H15F2N3O2S/c1-12-7-8-16(25-17(19)20)14(9-12)15(24)10-26-18-22-21-11-23(18)13-5-3-2-4-6-13/h2-9,11,17H,10H2,1H3. The fourth-order valence-corrected chi connectivity index (χ4v) is 3.17. The van der Waals surface area contributed by atoms with Gasteiger partial charge in [-0.3, -0.25) is 9.36 Å². The number of ketones is 1. The lowest BCUT2D eigenvalue weighted by atomic mass is 10.1. The van der Waals surface area contributed by atoms with E-state index < -0.39 is 6.61 Å². The molecule has 0 aliphatic carbocycles. The van der Waals surface area contributed by atoms with E-state index in [4.69, 9.17) is 0 Å². The van der Waals surface area contributed by atoms with E-state index >= 15 is 0 Å². The molecule has 134 valence electrons. The highest BCUT2D eigenvalue weighted by Crippen LogP contribution is 2.26. The monoisotopic (exact) mass is 375 g/mol. The maximum atomic E-state index is 12.6. The normalized spacial score (nSPS) is 10.9. The Labute approximate surface area is 153 Å². The predicted octanol–water partition coefficient (Wildman–Crippen LogP) is 4.15. The molecule has 8 heteroatoms. The number of carbonyl (C=O) groups excluding carboxylic acids is 1. The molecule has 5 nitrogen and oxygen atoms in total. The summed E-state index contributed by atoms with van der Waals surface area (Å²) in [6, 6.07) is 14.0. The number of ether oxygens (including phenoxy) is 1. The van der Waals surface area contributed by atoms with E-state index in [-0.39, 0.29) is 22.8 Å². The van der Waals surface area contributed by atoms with Crippen LogP contribution < -0.4 is 4.74 Å². The Kier molecular flexibility index (Phi) is 5.62. The third-order valence-electron chi connectivity index (χ3n) is 3.53. The molecule has 0 atom stereocenters. The Bertz CT molecular complexity index is 900. The smallest absolute Gasteiger partial charge is 0.387 e. The number of halogens is 2. The molecule has 0 N–H and O–H groups in total. The molecule has 0 aliphatic heterocycles. The molecule has 3 aromatic rings. The van der Waals surface area contributed by atoms with Gasteiger partial charge in [0.2, 0.25) is 0 Å². The van der Waals surface area contributed by atoms with Crippen molar-refractivity contribution < 1.29 is 18.3 Å². The summed E-state index contributed by atoms with van der Waals surface area (Å²) in [5.74, 6) is -0.424. The van der Waals surface area contributed by atoms with Gasteiger partial charge >= 0.3 is 6.61 Å². The van der Waals surface area contributed by atoms with Gasteiger partial charge in [-0.2, -0.15) is 8.78 Å². The Morgan fingerprint density at radius 2 is 2.00 bits per heavy atom. The van der Waals surface area contributed by atoms with Gasteiger partial charge in [0.25, 0.3) is 0 Å². The van der Waals surface area contributed by atoms with E-state index in [1.54, 1.807) is 30.0 Å². The van der Waals surface area contributed by atoms with E-state index in [1.807, 2.05) is 30.3 Å². The Hall–Kier alpha value is -2.74. The van der Waals surface area contributed by atoms with Gasteiger partial charge < -0.3 is 4.74 Å². The lowest BCUT2D eigenvalue weighted by Gasteiger charge is -2.11. The van der Waals surface area contributed by atoms with Crippen LogP contribution in [-0.2, 0) is 0 Å². The molecule has 0 saturated carbocycles. The maximum absolute atomic E-state index is 12.6. The molecule has 26 heavy (non-hydrogen) atoms. The highest BCUT2D eigenvalue weighted by Gasteiger charge is 2.18. The van der Waals surface area contributed by atoms with Crippen LogP contribution >= 0.6 is 11.8 Å². The molecule has 0 saturated heterocycles. The number of rotatable bonds is 7. The van der Waals surface area contributed by atoms with E-state index in [0.717, 1.165) is 11.3 Å². The fraction of sp³-hybridized carbons (Fsp3) is 0.167. The third kappa shape index (κ3) is 4.26. The third-order valence-corrected chi connectivity index (χ3v) is 4.48. The molecular weight excluding hydrogens is 360 g/mol. The van der Waals surface area contributed by atoms with Crippen molar-refractivity contribution in [2.45, 2.75) is 18.7 Å². The van der Waals surface area contributed by atoms with Gasteiger partial charge in [-0.05, 0) is 31.2 Å². The lowest BCUT2D eigenvalue weighted by Crippen LogP contribution is -2.10. The van der Waals surface area contributed by atoms with Crippen LogP contribution in [0, 0.1) is 6.92 Å². The van der Waals surface area contributed by atoms with Crippen LogP contribution in [0.1, 0.15) is 15.9 Å². The summed E-state index contributed by atoms with van der Waals surface area (Å²) in [5, 5.41) is 8.43. The molecule has 2 aromatic carbocycles. The number of para-hydroxylation sites is 1. The molecule has 0 radical (unpaired) electrons. The average Bonchev–Trinajstić information content (AvgIpc) is 3.10. The zero-order valence-corrected chi connectivity index (χ0v) is 14.6. The number of aromatic nitrogens is 3. The van der Waals surface area contributed by atoms with Crippen molar-refractivity contribution in [2.24, 2.45) is 0 Å². The van der Waals surface area contributed by atoms with Gasteiger partial charge in [0.1, 0.15) is 12.1 Å². The molecule has 0 amide bonds. The summed E-state index contributed by atoms with van der Waals surface area (Å²) < 4.78 is 31.3. The van der Waals surface area contributed by atoms with Crippen LogP contribution in [0.5, 0.6) is 5.75 Å². The molecule has 0 fully saturated rings. The zero-order chi connectivity index (χ0) is 18.5. The van der Waals surface area contributed by atoms with E-state index in [9.17, 15) is 13.6 Å². The van der Waals surface area contributed by atoms with Crippen LogP contribution in [0.25, 0.3) is 5.69 Å². The largest absolute Gasteiger partial charge is 0.434 e. The van der Waals surface area contributed by atoms with Crippen molar-refractivity contribution in [2.75, 3.05) is 5.75 Å². The minimum absolute atomic E-state index is 0.0224. The molecule has 0 aliphatic rings. The van der Waals surface area contributed by atoms with Crippen LogP contribution in [0.2, 0.25) is 0 Å². The summed E-state index contributed by atoms with van der Waals surface area (Å²) in [5.41, 5.74) is 1.78. The van der Waals surface area contributed by atoms with Crippen LogP contribution in [0.4, 0.5) is 8.78 Å². The van der Waals surface area contributed by atoms with E-state index in [2.05, 4.69) is 14.9 Å². The number of carbonyl (C=O) groups is 1. The van der Waals surface area contributed by atoms with Crippen molar-refractivity contribution in [3.05, 3.63) is 66.0 Å². The Morgan fingerprint density at radius 1 is 1.23 bits per heavy atom. The molecular formula is C18H15F2N3O2S. The van der Waals surface area contributed by atoms with Crippen LogP contribution in [-0.4, -0.2) is 32.9 Å². The Balaban J connectivity index is 1.77. The molecule has 3 rings (SSSR count). The van der Waals surface area contributed by atoms with Crippen molar-refractivity contribution >= 4 is 17.5 Å². The van der Waals surface area contributed by atoms with Crippen molar-refractivity contribution in [3.63, 3.8) is 0 Å². The zero-order valence-electron chi connectivity index (χ0n) is 13.8. The highest BCUT2D eigenvalue weighted by atomic mass is 32.2. The number of benzene rings is 2.